The van der Waals surface area contributed by atoms with E-state index in [1.54, 1.807) is 13.0 Å². The molecule has 1 fully saturated rings. The third kappa shape index (κ3) is 6.26. The van der Waals surface area contributed by atoms with E-state index in [0.29, 0.717) is 12.1 Å². The average Bonchev–Trinajstić information content (AvgIpc) is 2.85. The minimum absolute atomic E-state index is 0.109. The van der Waals surface area contributed by atoms with Gasteiger partial charge in [-0.25, -0.2) is 12.8 Å². The van der Waals surface area contributed by atoms with E-state index in [-0.39, 0.29) is 22.1 Å². The highest BCUT2D eigenvalue weighted by molar-refractivity contribution is 7.92. The molecule has 184 valence electrons. The zero-order valence-corrected chi connectivity index (χ0v) is 20.6. The van der Waals surface area contributed by atoms with Crippen LogP contribution in [0.2, 0.25) is 0 Å². The molecule has 0 unspecified atom stereocenters. The molecule has 0 atom stereocenters. The first-order valence-electron chi connectivity index (χ1n) is 11.8. The number of rotatable bonds is 8. The third-order valence-electron chi connectivity index (χ3n) is 6.28. The number of nitrogens with one attached hydrogen (secondary N) is 2. The number of hydrogen-bond donors (Lipinski definition) is 2. The topological polar surface area (TPSA) is 78.5 Å². The number of anilines is 1. The lowest BCUT2D eigenvalue weighted by molar-refractivity contribution is 0.0950. The summed E-state index contributed by atoms with van der Waals surface area (Å²) < 4.78 is 41.9. The quantitative estimate of drug-likeness (QED) is 0.468. The standard InChI is InChI=1S/C27H30FN3O3S/c1-20-13-14-23(35(33,34)30-26-12-6-5-11-25(26)28)17-24(20)27(32)29-18-21-9-3-4-10-22(21)19-31-15-7-2-8-16-31/h3-6,9-14,17,30H,2,7-8,15-16,18-19H2,1H3,(H,29,32). The Bertz CT molecular complexity index is 1300. The number of piperidine rings is 1. The number of carbonyl (C=O) groups is 1. The maximum atomic E-state index is 14.0. The molecular weight excluding hydrogens is 465 g/mol. The van der Waals surface area contributed by atoms with Crippen molar-refractivity contribution in [3.8, 4) is 0 Å². The van der Waals surface area contributed by atoms with E-state index in [2.05, 4.69) is 21.0 Å². The van der Waals surface area contributed by atoms with Gasteiger partial charge in [0.25, 0.3) is 15.9 Å². The molecule has 1 heterocycles. The Morgan fingerprint density at radius 3 is 2.37 bits per heavy atom. The zero-order chi connectivity index (χ0) is 24.8. The summed E-state index contributed by atoms with van der Waals surface area (Å²) in [5, 5.41) is 2.94. The summed E-state index contributed by atoms with van der Waals surface area (Å²) in [6, 6.07) is 17.9. The number of likely N-dealkylation sites (tertiary alicyclic amines) is 1. The van der Waals surface area contributed by atoms with Crippen LogP contribution in [0.1, 0.15) is 46.3 Å². The summed E-state index contributed by atoms with van der Waals surface area (Å²) in [6.07, 6.45) is 3.70. The van der Waals surface area contributed by atoms with Crippen molar-refractivity contribution >= 4 is 21.6 Å². The Labute approximate surface area is 206 Å². The highest BCUT2D eigenvalue weighted by atomic mass is 32.2. The Morgan fingerprint density at radius 2 is 1.63 bits per heavy atom. The summed E-state index contributed by atoms with van der Waals surface area (Å²) in [4.78, 5) is 15.4. The predicted octanol–water partition coefficient (Wildman–Crippen LogP) is 4.85. The largest absolute Gasteiger partial charge is 0.348 e. The SMILES string of the molecule is Cc1ccc(S(=O)(=O)Nc2ccccc2F)cc1C(=O)NCc1ccccc1CN1CCCCC1. The Hall–Kier alpha value is -3.23. The molecule has 35 heavy (non-hydrogen) atoms. The lowest BCUT2D eigenvalue weighted by atomic mass is 10.0. The lowest BCUT2D eigenvalue weighted by Crippen LogP contribution is -2.30. The molecule has 6 nitrogen and oxygen atoms in total. The summed E-state index contributed by atoms with van der Waals surface area (Å²) in [7, 11) is -4.07. The average molecular weight is 496 g/mol. The molecule has 3 aromatic carbocycles. The molecule has 0 bridgehead atoms. The van der Waals surface area contributed by atoms with Crippen LogP contribution < -0.4 is 10.0 Å². The predicted molar refractivity (Wildman–Crippen MR) is 135 cm³/mol. The summed E-state index contributed by atoms with van der Waals surface area (Å²) in [6.45, 7) is 5.11. The fourth-order valence-corrected chi connectivity index (χ4v) is 5.37. The molecule has 1 saturated heterocycles. The van der Waals surface area contributed by atoms with Gasteiger partial charge in [-0.15, -0.1) is 0 Å². The monoisotopic (exact) mass is 495 g/mol. The van der Waals surface area contributed by atoms with E-state index in [4.69, 9.17) is 0 Å². The normalized spacial score (nSPS) is 14.5. The molecule has 1 aliphatic heterocycles. The molecule has 1 amide bonds. The van der Waals surface area contributed by atoms with Crippen molar-refractivity contribution in [2.24, 2.45) is 0 Å². The third-order valence-corrected chi connectivity index (χ3v) is 7.65. The van der Waals surface area contributed by atoms with E-state index in [1.807, 2.05) is 18.2 Å². The smallest absolute Gasteiger partial charge is 0.262 e. The molecular formula is C27H30FN3O3S. The maximum Gasteiger partial charge on any atom is 0.262 e. The van der Waals surface area contributed by atoms with Gasteiger partial charge in [-0.05, 0) is 73.8 Å². The van der Waals surface area contributed by atoms with Crippen molar-refractivity contribution in [1.82, 2.24) is 10.2 Å². The highest BCUT2D eigenvalue weighted by Crippen LogP contribution is 2.22. The molecule has 1 aliphatic rings. The minimum Gasteiger partial charge on any atom is -0.348 e. The first-order valence-corrected chi connectivity index (χ1v) is 13.3. The molecule has 0 saturated carbocycles. The van der Waals surface area contributed by atoms with Crippen molar-refractivity contribution in [3.05, 3.63) is 94.8 Å². The highest BCUT2D eigenvalue weighted by Gasteiger charge is 2.20. The zero-order valence-electron chi connectivity index (χ0n) is 19.8. The van der Waals surface area contributed by atoms with Crippen molar-refractivity contribution in [2.75, 3.05) is 17.8 Å². The number of carbonyl (C=O) groups excluding carboxylic acids is 1. The number of aryl methyl sites for hydroxylation is 1. The molecule has 0 radical (unpaired) electrons. The van der Waals surface area contributed by atoms with E-state index >= 15 is 0 Å². The second-order valence-corrected chi connectivity index (χ2v) is 10.5. The van der Waals surface area contributed by atoms with Gasteiger partial charge in [0.15, 0.2) is 0 Å². The number of benzene rings is 3. The number of nitrogens with zero attached hydrogens (tertiary/aromatic N) is 1. The lowest BCUT2D eigenvalue weighted by Gasteiger charge is -2.27. The second-order valence-electron chi connectivity index (χ2n) is 8.85. The van der Waals surface area contributed by atoms with Crippen molar-refractivity contribution < 1.29 is 17.6 Å². The first-order chi connectivity index (χ1) is 16.8. The van der Waals surface area contributed by atoms with Gasteiger partial charge in [0.05, 0.1) is 10.6 Å². The maximum absolute atomic E-state index is 14.0. The number of hydrogen-bond acceptors (Lipinski definition) is 4. The van der Waals surface area contributed by atoms with E-state index in [1.165, 1.54) is 61.2 Å². The van der Waals surface area contributed by atoms with Gasteiger partial charge in [0, 0.05) is 18.7 Å². The van der Waals surface area contributed by atoms with Gasteiger partial charge in [-0.3, -0.25) is 14.4 Å². The number of halogens is 1. The van der Waals surface area contributed by atoms with Crippen LogP contribution in [0.25, 0.3) is 0 Å². The molecule has 0 aliphatic carbocycles. The van der Waals surface area contributed by atoms with Crippen LogP contribution in [0, 0.1) is 12.7 Å². The minimum atomic E-state index is -4.07. The van der Waals surface area contributed by atoms with Gasteiger partial charge < -0.3 is 5.32 Å². The fraction of sp³-hybridized carbons (Fsp3) is 0.296. The van der Waals surface area contributed by atoms with E-state index in [0.717, 1.165) is 25.2 Å². The van der Waals surface area contributed by atoms with Gasteiger partial charge in [-0.1, -0.05) is 48.9 Å². The Kier molecular flexibility index (Phi) is 7.83. The molecule has 8 heteroatoms. The van der Waals surface area contributed by atoms with E-state index in [9.17, 15) is 17.6 Å². The molecule has 0 spiro atoms. The van der Waals surface area contributed by atoms with Crippen molar-refractivity contribution in [1.29, 1.82) is 0 Å². The molecule has 4 rings (SSSR count). The second kappa shape index (κ2) is 11.0. The summed E-state index contributed by atoms with van der Waals surface area (Å²) in [5.74, 6) is -1.04. The van der Waals surface area contributed by atoms with Crippen molar-refractivity contribution in [3.63, 3.8) is 0 Å². The fourth-order valence-electron chi connectivity index (χ4n) is 4.27. The van der Waals surface area contributed by atoms with Crippen LogP contribution >= 0.6 is 0 Å². The number of amides is 1. The molecule has 2 N–H and O–H groups in total. The van der Waals surface area contributed by atoms with Crippen LogP contribution in [-0.4, -0.2) is 32.3 Å². The number of para-hydroxylation sites is 1. The first kappa shape index (κ1) is 24.9. The van der Waals surface area contributed by atoms with Gasteiger partial charge in [0.1, 0.15) is 5.82 Å². The van der Waals surface area contributed by atoms with Gasteiger partial charge in [-0.2, -0.15) is 0 Å². The Balaban J connectivity index is 1.48. The van der Waals surface area contributed by atoms with Crippen LogP contribution in [0.4, 0.5) is 10.1 Å². The van der Waals surface area contributed by atoms with Crippen molar-refractivity contribution in [2.45, 2.75) is 44.2 Å². The summed E-state index contributed by atoms with van der Waals surface area (Å²) >= 11 is 0. The van der Waals surface area contributed by atoms with Crippen LogP contribution in [0.15, 0.2) is 71.6 Å². The number of sulfonamides is 1. The van der Waals surface area contributed by atoms with Gasteiger partial charge >= 0.3 is 0 Å². The van der Waals surface area contributed by atoms with E-state index < -0.39 is 15.8 Å². The van der Waals surface area contributed by atoms with Crippen LogP contribution in [0.5, 0.6) is 0 Å². The summed E-state index contributed by atoms with van der Waals surface area (Å²) in [5.41, 5.74) is 2.97. The van der Waals surface area contributed by atoms with Crippen LogP contribution in [-0.2, 0) is 23.1 Å². The molecule has 3 aromatic rings. The Morgan fingerprint density at radius 1 is 0.943 bits per heavy atom. The molecule has 0 aromatic heterocycles. The van der Waals surface area contributed by atoms with Gasteiger partial charge in [0.2, 0.25) is 0 Å². The van der Waals surface area contributed by atoms with Crippen LogP contribution in [0.3, 0.4) is 0 Å².